The molecule has 3 heterocycles. The van der Waals surface area contributed by atoms with Gasteiger partial charge < -0.3 is 19.6 Å². The van der Waals surface area contributed by atoms with E-state index in [1.807, 2.05) is 0 Å². The van der Waals surface area contributed by atoms with E-state index in [4.69, 9.17) is 9.72 Å². The molecule has 11 heteroatoms. The van der Waals surface area contributed by atoms with E-state index in [1.54, 1.807) is 30.0 Å². The van der Waals surface area contributed by atoms with Gasteiger partial charge in [0.05, 0.1) is 23.7 Å². The normalized spacial score (nSPS) is 14.4. The molecule has 1 saturated heterocycles. The maximum absolute atomic E-state index is 13.5. The number of imidazole rings is 1. The van der Waals surface area contributed by atoms with Crippen molar-refractivity contribution in [1.29, 1.82) is 0 Å². The molecule has 3 aromatic rings. The number of benzene rings is 1. The van der Waals surface area contributed by atoms with E-state index in [0.29, 0.717) is 55.2 Å². The molecule has 168 valence electrons. The van der Waals surface area contributed by atoms with Gasteiger partial charge in [0.1, 0.15) is 11.6 Å². The maximum Gasteiger partial charge on any atom is 0.409 e. The van der Waals surface area contributed by atoms with Gasteiger partial charge in [-0.05, 0) is 50.1 Å². The van der Waals surface area contributed by atoms with Gasteiger partial charge in [-0.15, -0.1) is 0 Å². The highest BCUT2D eigenvalue weighted by atomic mass is 32.2. The van der Waals surface area contributed by atoms with Gasteiger partial charge in [0, 0.05) is 30.8 Å². The van der Waals surface area contributed by atoms with Crippen LogP contribution in [0.1, 0.15) is 31.5 Å². The van der Waals surface area contributed by atoms with Gasteiger partial charge in [0.15, 0.2) is 0 Å². The molecule has 0 radical (unpaired) electrons. The lowest BCUT2D eigenvalue weighted by Crippen LogP contribution is -2.38. The third-order valence-corrected chi connectivity index (χ3v) is 5.87. The Labute approximate surface area is 184 Å². The largest absolute Gasteiger partial charge is 0.450 e. The minimum Gasteiger partial charge on any atom is -0.450 e. The summed E-state index contributed by atoms with van der Waals surface area (Å²) >= 11 is 0. The summed E-state index contributed by atoms with van der Waals surface area (Å²) in [6, 6.07) is 7.58. The molecule has 4 rings (SSSR count). The molecule has 1 aliphatic rings. The summed E-state index contributed by atoms with van der Waals surface area (Å²) in [5.41, 5.74) is 2.32. The number of nitrogens with zero attached hydrogens (tertiary/aromatic N) is 3. The minimum absolute atomic E-state index is 0.0728. The molecular weight excluding hydrogens is 437 g/mol. The monoisotopic (exact) mass is 459 g/mol. The smallest absolute Gasteiger partial charge is 0.409 e. The zero-order chi connectivity index (χ0) is 22.7. The Balaban J connectivity index is 1.71. The van der Waals surface area contributed by atoms with Gasteiger partial charge in [0.2, 0.25) is 0 Å². The average Bonchev–Trinajstić information content (AvgIpc) is 3.25. The summed E-state index contributed by atoms with van der Waals surface area (Å²) in [6.45, 7) is 3.20. The second-order valence-corrected chi connectivity index (χ2v) is 8.19. The van der Waals surface area contributed by atoms with Crippen LogP contribution in [-0.4, -0.2) is 59.0 Å². The second kappa shape index (κ2) is 9.35. The van der Waals surface area contributed by atoms with E-state index in [1.165, 1.54) is 18.3 Å². The first-order valence-electron chi connectivity index (χ1n) is 10.2. The number of H-pyrrole nitrogens is 2. The second-order valence-electron chi connectivity index (χ2n) is 7.34. The van der Waals surface area contributed by atoms with Crippen molar-refractivity contribution in [1.82, 2.24) is 24.8 Å². The third kappa shape index (κ3) is 4.57. The lowest BCUT2D eigenvalue weighted by Gasteiger charge is -2.30. The summed E-state index contributed by atoms with van der Waals surface area (Å²) in [5.74, 6) is 0.429. The van der Waals surface area contributed by atoms with E-state index in [9.17, 15) is 17.6 Å². The maximum atomic E-state index is 13.5. The SMILES string of the molecule is CCOC(=O)N1CCC(c2nc(-c3ccc(F)cc3)c(-c3ccnc(=S(=O)=O)[nH]3)[nH]2)CC1. The summed E-state index contributed by atoms with van der Waals surface area (Å²) in [5, 5.41) is 0. The molecule has 1 amide bonds. The van der Waals surface area contributed by atoms with E-state index in [2.05, 4.69) is 15.0 Å². The Morgan fingerprint density at radius 2 is 1.91 bits per heavy atom. The quantitative estimate of drug-likeness (QED) is 0.577. The first kappa shape index (κ1) is 21.8. The molecule has 0 atom stereocenters. The first-order valence-corrected chi connectivity index (χ1v) is 11.3. The molecule has 2 N–H and O–H groups in total. The van der Waals surface area contributed by atoms with Crippen LogP contribution in [0.5, 0.6) is 0 Å². The molecule has 0 aliphatic carbocycles. The highest BCUT2D eigenvalue weighted by Crippen LogP contribution is 2.34. The van der Waals surface area contributed by atoms with Gasteiger partial charge in [-0.25, -0.2) is 19.2 Å². The van der Waals surface area contributed by atoms with Crippen LogP contribution < -0.4 is 0 Å². The molecule has 0 saturated carbocycles. The predicted molar refractivity (Wildman–Crippen MR) is 114 cm³/mol. The van der Waals surface area contributed by atoms with Crippen molar-refractivity contribution >= 4 is 16.4 Å². The Hall–Kier alpha value is -3.47. The number of halogens is 1. The first-order chi connectivity index (χ1) is 15.5. The number of hydrogen-bond acceptors (Lipinski definition) is 6. The van der Waals surface area contributed by atoms with Crippen LogP contribution >= 0.6 is 0 Å². The Bertz CT molecular complexity index is 1280. The summed E-state index contributed by atoms with van der Waals surface area (Å²) < 4.78 is 41.1. The Kier molecular flexibility index (Phi) is 6.35. The fourth-order valence-corrected chi connectivity index (χ4v) is 4.09. The van der Waals surface area contributed by atoms with Crippen molar-refractivity contribution in [2.24, 2.45) is 0 Å². The number of aromatic amines is 2. The zero-order valence-electron chi connectivity index (χ0n) is 17.3. The summed E-state index contributed by atoms with van der Waals surface area (Å²) in [6.07, 6.45) is 2.47. The van der Waals surface area contributed by atoms with Crippen LogP contribution in [0.25, 0.3) is 22.6 Å². The number of likely N-dealkylation sites (tertiary alicyclic amines) is 1. The number of aromatic nitrogens is 4. The van der Waals surface area contributed by atoms with Gasteiger partial charge in [-0.2, -0.15) is 8.42 Å². The van der Waals surface area contributed by atoms with Gasteiger partial charge in [-0.1, -0.05) is 0 Å². The van der Waals surface area contributed by atoms with Crippen molar-refractivity contribution in [3.63, 3.8) is 0 Å². The van der Waals surface area contributed by atoms with E-state index in [0.717, 1.165) is 5.82 Å². The van der Waals surface area contributed by atoms with Gasteiger partial charge in [0.25, 0.3) is 15.1 Å². The van der Waals surface area contributed by atoms with Crippen LogP contribution in [0, 0.1) is 10.6 Å². The number of ether oxygens (including phenoxy) is 1. The molecule has 9 nitrogen and oxygen atoms in total. The van der Waals surface area contributed by atoms with E-state index in [-0.39, 0.29) is 22.6 Å². The fourth-order valence-electron chi connectivity index (χ4n) is 3.75. The fraction of sp³-hybridized carbons (Fsp3) is 0.333. The molecule has 0 spiro atoms. The van der Waals surface area contributed by atoms with Crippen LogP contribution in [-0.2, 0) is 15.0 Å². The van der Waals surface area contributed by atoms with Crippen LogP contribution in [0.3, 0.4) is 0 Å². The average molecular weight is 460 g/mol. The van der Waals surface area contributed by atoms with E-state index < -0.39 is 10.3 Å². The van der Waals surface area contributed by atoms with Crippen molar-refractivity contribution in [2.75, 3.05) is 19.7 Å². The Morgan fingerprint density at radius 1 is 1.19 bits per heavy atom. The highest BCUT2D eigenvalue weighted by Gasteiger charge is 2.28. The third-order valence-electron chi connectivity index (χ3n) is 5.35. The molecule has 1 aromatic carbocycles. The molecule has 1 fully saturated rings. The molecule has 32 heavy (non-hydrogen) atoms. The lowest BCUT2D eigenvalue weighted by atomic mass is 9.96. The Morgan fingerprint density at radius 3 is 2.56 bits per heavy atom. The van der Waals surface area contributed by atoms with E-state index >= 15 is 0 Å². The van der Waals surface area contributed by atoms with Crippen LogP contribution in [0.15, 0.2) is 36.5 Å². The minimum atomic E-state index is -2.52. The molecular formula is C21H22FN5O4S. The summed E-state index contributed by atoms with van der Waals surface area (Å²) in [4.78, 5) is 28.4. The van der Waals surface area contributed by atoms with Crippen molar-refractivity contribution in [3.8, 4) is 22.6 Å². The molecule has 0 bridgehead atoms. The molecule has 0 unspecified atom stereocenters. The number of nitrogens with one attached hydrogen (secondary N) is 2. The number of hydrogen-bond donors (Lipinski definition) is 2. The van der Waals surface area contributed by atoms with Crippen LogP contribution in [0.2, 0.25) is 0 Å². The highest BCUT2D eigenvalue weighted by molar-refractivity contribution is 7.63. The molecule has 2 aromatic heterocycles. The predicted octanol–water partition coefficient (Wildman–Crippen LogP) is 3.35. The standard InChI is InChI=1S/C21H22FN5O4S/c1-2-31-21(28)27-11-8-14(9-12-27)19-25-17(13-3-5-15(22)6-4-13)18(26-19)16-7-10-23-20(24-16)32(29)30/h3-7,10,14,24H,2,8-9,11-12H2,1H3,(H,25,26). The van der Waals surface area contributed by atoms with Crippen molar-refractivity contribution in [2.45, 2.75) is 25.7 Å². The van der Waals surface area contributed by atoms with Crippen LogP contribution in [0.4, 0.5) is 9.18 Å². The number of carbonyl (C=O) groups excluding carboxylic acids is 1. The van der Waals surface area contributed by atoms with Gasteiger partial charge >= 0.3 is 6.09 Å². The zero-order valence-corrected chi connectivity index (χ0v) is 18.2. The lowest BCUT2D eigenvalue weighted by molar-refractivity contribution is 0.0966. The molecule has 1 aliphatic heterocycles. The number of piperidine rings is 1. The summed E-state index contributed by atoms with van der Waals surface area (Å²) in [7, 11) is -2.52. The van der Waals surface area contributed by atoms with Gasteiger partial charge in [-0.3, -0.25) is 0 Å². The number of rotatable bonds is 4. The number of amides is 1. The number of carbonyl (C=O) groups is 1. The van der Waals surface area contributed by atoms with Crippen molar-refractivity contribution in [3.05, 3.63) is 52.9 Å². The topological polar surface area (TPSA) is 121 Å². The van der Waals surface area contributed by atoms with Crippen molar-refractivity contribution < 1.29 is 22.3 Å².